The molecule has 3 heterocycles. The van der Waals surface area contributed by atoms with Gasteiger partial charge in [0.15, 0.2) is 0 Å². The zero-order valence-corrected chi connectivity index (χ0v) is 59.6. The molecule has 2 aromatic carbocycles. The van der Waals surface area contributed by atoms with E-state index in [1.807, 2.05) is 373 Å². The van der Waals surface area contributed by atoms with Gasteiger partial charge in [0.25, 0.3) is 0 Å². The molecule has 0 amide bonds. The number of aryl methyl sites for hydroxylation is 2. The minimum atomic E-state index is 0. The monoisotopic (exact) mass is 1040 g/mol. The molecule has 4 heteroatoms. The summed E-state index contributed by atoms with van der Waals surface area (Å²) in [6, 6.07) is 36.0. The number of pyridine rings is 2. The molecule has 0 spiro atoms. The molecule has 0 saturated carbocycles. The molecule has 0 unspecified atom stereocenters. The van der Waals surface area contributed by atoms with Gasteiger partial charge in [-0.15, -0.1) is 0 Å². The number of nitrogens with zero attached hydrogens (tertiary/aromatic N) is 2. The average Bonchev–Trinajstić information content (AvgIpc) is 4.16. The molecular weight excluding hydrogens is 888 g/mol. The van der Waals surface area contributed by atoms with Crippen molar-refractivity contribution in [2.45, 2.75) is 291 Å². The molecule has 0 aliphatic rings. The highest BCUT2D eigenvalue weighted by atomic mass is 32.1. The van der Waals surface area contributed by atoms with Crippen LogP contribution in [0.25, 0.3) is 0 Å². The largest absolute Gasteiger partial charge is 0.265 e. The maximum absolute atomic E-state index is 3.78. The zero-order valence-electron chi connectivity index (χ0n) is 58.7. The molecule has 0 N–H and O–H groups in total. The highest BCUT2D eigenvalue weighted by Crippen LogP contribution is 1.93. The summed E-state index contributed by atoms with van der Waals surface area (Å²) < 4.78 is 0. The molecule has 0 bridgehead atoms. The number of aromatic nitrogens is 2. The van der Waals surface area contributed by atoms with Gasteiger partial charge in [-0.3, -0.25) is 9.97 Å². The second-order valence-electron chi connectivity index (χ2n) is 6.15. The van der Waals surface area contributed by atoms with Gasteiger partial charge in [-0.05, 0) is 48.9 Å². The van der Waals surface area contributed by atoms with Gasteiger partial charge in [0.2, 0.25) is 0 Å². The number of hydrogen-bond acceptors (Lipinski definition) is 3. The zero-order chi connectivity index (χ0) is 62.2. The van der Waals surface area contributed by atoms with Crippen molar-refractivity contribution in [3.05, 3.63) is 156 Å². The minimum absolute atomic E-state index is 0. The van der Waals surface area contributed by atoms with Crippen LogP contribution in [0.5, 0.6) is 0 Å². The number of thiophene rings is 1. The van der Waals surface area contributed by atoms with Crippen LogP contribution in [-0.4, -0.2) is 18.4 Å². The molecule has 0 aliphatic heterocycles. The molecule has 3 aromatic heterocycles. The number of rotatable bonds is 0. The van der Waals surface area contributed by atoms with Crippen molar-refractivity contribution in [3.63, 3.8) is 0 Å². The summed E-state index contributed by atoms with van der Waals surface area (Å²) in [6.45, 7) is 84.2. The van der Waals surface area contributed by atoms with Crippen molar-refractivity contribution in [2.24, 2.45) is 0 Å². The first kappa shape index (κ1) is 138. The van der Waals surface area contributed by atoms with E-state index in [0.29, 0.717) is 0 Å². The Morgan fingerprint density at radius 2 is 0.347 bits per heavy atom. The Labute approximate surface area is 474 Å². The topological polar surface area (TPSA) is 25.8 Å². The Hall–Kier alpha value is -3.50. The van der Waals surface area contributed by atoms with Crippen molar-refractivity contribution >= 4 is 19.7 Å². The summed E-state index contributed by atoms with van der Waals surface area (Å²) in [5.74, 6) is 0. The lowest BCUT2D eigenvalue weighted by Gasteiger charge is -1.82. The third-order valence-corrected chi connectivity index (χ3v) is 4.07. The van der Waals surface area contributed by atoms with Gasteiger partial charge in [0.05, 0.1) is 0 Å². The molecule has 0 saturated heterocycles. The summed E-state index contributed by atoms with van der Waals surface area (Å²) in [5, 5.41) is 4.08. The number of benzene rings is 2. The standard InChI is InChI=1S/2C7H8.2C5H5N.C4H4S.20C2H6.B/c2*1-7-5-3-2-4-6-7;2*1-2-4-6-5-3-1;1-2-4-5-3-1;20*1-2;/h2*2-6H,1H3;2*1-5H;1-4H;20*1-2H3;. The van der Waals surface area contributed by atoms with E-state index in [1.165, 1.54) is 11.1 Å². The first-order valence-corrected chi connectivity index (χ1v) is 30.9. The van der Waals surface area contributed by atoms with Crippen molar-refractivity contribution in [1.82, 2.24) is 9.97 Å². The summed E-state index contributed by atoms with van der Waals surface area (Å²) in [4.78, 5) is 7.57. The molecule has 72 heavy (non-hydrogen) atoms. The average molecular weight is 1040 g/mol. The van der Waals surface area contributed by atoms with Gasteiger partial charge < -0.3 is 0 Å². The first-order chi connectivity index (χ1) is 35.3. The normalized spacial score (nSPS) is 5.25. The summed E-state index contributed by atoms with van der Waals surface area (Å²) in [6.07, 6.45) is 7.00. The minimum Gasteiger partial charge on any atom is -0.265 e. The lowest BCUT2D eigenvalue weighted by atomic mass is 10.2. The van der Waals surface area contributed by atoms with E-state index in [4.69, 9.17) is 0 Å². The molecule has 5 rings (SSSR count). The van der Waals surface area contributed by atoms with E-state index in [1.54, 1.807) is 36.1 Å². The highest BCUT2D eigenvalue weighted by Gasteiger charge is 1.72. The molecule has 5 aromatic rings. The second kappa shape index (κ2) is 343. The third-order valence-electron chi connectivity index (χ3n) is 3.44. The molecule has 0 atom stereocenters. The van der Waals surface area contributed by atoms with Crippen LogP contribution < -0.4 is 0 Å². The van der Waals surface area contributed by atoms with Crippen LogP contribution in [0.15, 0.2) is 145 Å². The third kappa shape index (κ3) is 328. The van der Waals surface area contributed by atoms with Crippen LogP contribution in [-0.2, 0) is 0 Å². The summed E-state index contributed by atoms with van der Waals surface area (Å²) in [5.41, 5.74) is 2.64. The van der Waals surface area contributed by atoms with Crippen molar-refractivity contribution in [1.29, 1.82) is 0 Å². The molecule has 3 radical (unpaired) electrons. The Morgan fingerprint density at radius 3 is 0.403 bits per heavy atom. The van der Waals surface area contributed by atoms with Crippen LogP contribution in [0.4, 0.5) is 0 Å². The van der Waals surface area contributed by atoms with Crippen LogP contribution in [0.3, 0.4) is 0 Å². The van der Waals surface area contributed by atoms with Crippen LogP contribution in [0.1, 0.15) is 288 Å². The van der Waals surface area contributed by atoms with E-state index in [2.05, 4.69) is 48.1 Å². The summed E-state index contributed by atoms with van der Waals surface area (Å²) in [7, 11) is 0. The van der Waals surface area contributed by atoms with Crippen molar-refractivity contribution in [3.8, 4) is 0 Å². The van der Waals surface area contributed by atoms with Crippen molar-refractivity contribution in [2.75, 3.05) is 0 Å². The fourth-order valence-electron chi connectivity index (χ4n) is 1.92. The maximum Gasteiger partial charge on any atom is 0.0267 e. The molecular formula is C68H150BN2S. The Morgan fingerprint density at radius 1 is 0.208 bits per heavy atom. The Bertz CT molecular complexity index is 799. The Balaban J connectivity index is -0.0000000203. The Kier molecular flexibility index (Phi) is 659. The fraction of sp³-hybridized carbons (Fsp3) is 0.618. The van der Waals surface area contributed by atoms with Gasteiger partial charge in [0.1, 0.15) is 0 Å². The predicted molar refractivity (Wildman–Crippen MR) is 368 cm³/mol. The van der Waals surface area contributed by atoms with E-state index < -0.39 is 0 Å². The van der Waals surface area contributed by atoms with Gasteiger partial charge in [-0.2, -0.15) is 11.3 Å². The quantitative estimate of drug-likeness (QED) is 0.144. The van der Waals surface area contributed by atoms with Crippen LogP contribution >= 0.6 is 11.3 Å². The summed E-state index contributed by atoms with van der Waals surface area (Å²) >= 11 is 1.71. The van der Waals surface area contributed by atoms with Crippen LogP contribution in [0, 0.1) is 13.8 Å². The highest BCUT2D eigenvalue weighted by molar-refractivity contribution is 7.07. The lowest BCUT2D eigenvalue weighted by Crippen LogP contribution is -1.62. The predicted octanol–water partition coefficient (Wildman–Crippen LogP) is 28.0. The second-order valence-corrected chi connectivity index (χ2v) is 6.97. The molecule has 2 nitrogen and oxygen atoms in total. The van der Waals surface area contributed by atoms with Crippen LogP contribution in [0.2, 0.25) is 0 Å². The van der Waals surface area contributed by atoms with Crippen molar-refractivity contribution < 1.29 is 0 Å². The van der Waals surface area contributed by atoms with E-state index >= 15 is 0 Å². The van der Waals surface area contributed by atoms with Gasteiger partial charge in [-0.25, -0.2) is 0 Å². The van der Waals surface area contributed by atoms with E-state index in [0.717, 1.165) is 0 Å². The van der Waals surface area contributed by atoms with E-state index in [-0.39, 0.29) is 8.41 Å². The van der Waals surface area contributed by atoms with Gasteiger partial charge >= 0.3 is 0 Å². The molecule has 441 valence electrons. The molecule has 0 fully saturated rings. The van der Waals surface area contributed by atoms with Gasteiger partial charge in [-0.1, -0.05) is 373 Å². The SMILES string of the molecule is CC.CC.CC.CC.CC.CC.CC.CC.CC.CC.CC.CC.CC.CC.CC.CC.CC.CC.CC.CC.Cc1ccccc1.Cc1ccccc1.[B].c1ccncc1.c1ccncc1.c1ccsc1. The van der Waals surface area contributed by atoms with Gasteiger partial charge in [0, 0.05) is 33.2 Å². The fourth-order valence-corrected chi connectivity index (χ4v) is 2.37. The number of hydrogen-bond donors (Lipinski definition) is 0. The first-order valence-electron chi connectivity index (χ1n) is 30.0. The maximum atomic E-state index is 3.78. The lowest BCUT2D eigenvalue weighted by molar-refractivity contribution is 1.33. The van der Waals surface area contributed by atoms with E-state index in [9.17, 15) is 0 Å². The smallest absolute Gasteiger partial charge is 0.0267 e. The molecule has 0 aliphatic carbocycles.